The lowest BCUT2D eigenvalue weighted by Crippen LogP contribution is -2.05. The van der Waals surface area contributed by atoms with Crippen LogP contribution in [0.1, 0.15) is 10.4 Å². The van der Waals surface area contributed by atoms with Gasteiger partial charge in [0.15, 0.2) is 0 Å². The third kappa shape index (κ3) is 2.01. The monoisotopic (exact) mass is 200 g/mol. The van der Waals surface area contributed by atoms with Gasteiger partial charge < -0.3 is 4.74 Å². The van der Waals surface area contributed by atoms with Crippen LogP contribution in [0.25, 0.3) is 0 Å². The summed E-state index contributed by atoms with van der Waals surface area (Å²) in [5.74, 6) is -1.18. The van der Waals surface area contributed by atoms with Gasteiger partial charge in [0.1, 0.15) is 11.4 Å². The molecule has 0 saturated carbocycles. The smallest absolute Gasteiger partial charge is 0.342 e. The molecule has 4 heteroatoms. The van der Waals surface area contributed by atoms with E-state index in [9.17, 15) is 9.18 Å². The van der Waals surface area contributed by atoms with Gasteiger partial charge in [0.25, 0.3) is 0 Å². The van der Waals surface area contributed by atoms with E-state index in [1.807, 2.05) is 0 Å². The molecule has 0 fully saturated rings. The van der Waals surface area contributed by atoms with Crippen molar-refractivity contribution >= 4 is 17.7 Å². The van der Waals surface area contributed by atoms with E-state index in [0.717, 1.165) is 0 Å². The van der Waals surface area contributed by atoms with Gasteiger partial charge in [-0.1, -0.05) is 6.07 Å². The van der Waals surface area contributed by atoms with Crippen LogP contribution in [0.5, 0.6) is 0 Å². The van der Waals surface area contributed by atoms with Crippen molar-refractivity contribution < 1.29 is 13.9 Å². The van der Waals surface area contributed by atoms with Crippen molar-refractivity contribution in [2.45, 2.75) is 4.90 Å². The standard InChI is InChI=1S/C9H9FO2S/c1-12-9(11)8-6(10)4-3-5-7(8)13-2/h3-5H,1-2H3. The number of hydrogen-bond donors (Lipinski definition) is 0. The van der Waals surface area contributed by atoms with Gasteiger partial charge in [-0.2, -0.15) is 0 Å². The van der Waals surface area contributed by atoms with Crippen LogP contribution in [-0.2, 0) is 4.74 Å². The number of halogens is 1. The molecule has 0 aliphatic heterocycles. The average Bonchev–Trinajstić information content (AvgIpc) is 2.16. The molecule has 0 aliphatic rings. The molecule has 0 aliphatic carbocycles. The van der Waals surface area contributed by atoms with Crippen LogP contribution in [0, 0.1) is 5.82 Å². The molecule has 1 aromatic rings. The van der Waals surface area contributed by atoms with Crippen LogP contribution in [0.3, 0.4) is 0 Å². The number of rotatable bonds is 2. The van der Waals surface area contributed by atoms with Crippen molar-refractivity contribution in [1.82, 2.24) is 0 Å². The minimum Gasteiger partial charge on any atom is -0.465 e. The van der Waals surface area contributed by atoms with Gasteiger partial charge in [-0.05, 0) is 18.4 Å². The molecular formula is C9H9FO2S. The van der Waals surface area contributed by atoms with Crippen molar-refractivity contribution in [2.75, 3.05) is 13.4 Å². The second-order valence-electron chi connectivity index (χ2n) is 2.31. The molecule has 0 amide bonds. The highest BCUT2D eigenvalue weighted by molar-refractivity contribution is 7.98. The van der Waals surface area contributed by atoms with Crippen molar-refractivity contribution in [3.05, 3.63) is 29.6 Å². The molecular weight excluding hydrogens is 191 g/mol. The van der Waals surface area contributed by atoms with E-state index in [0.29, 0.717) is 4.90 Å². The highest BCUT2D eigenvalue weighted by atomic mass is 32.2. The Morgan fingerprint density at radius 3 is 2.77 bits per heavy atom. The molecule has 0 radical (unpaired) electrons. The Morgan fingerprint density at radius 2 is 2.23 bits per heavy atom. The predicted octanol–water partition coefficient (Wildman–Crippen LogP) is 2.33. The Bertz CT molecular complexity index is 325. The van der Waals surface area contributed by atoms with E-state index < -0.39 is 11.8 Å². The lowest BCUT2D eigenvalue weighted by Gasteiger charge is -2.05. The van der Waals surface area contributed by atoms with E-state index in [4.69, 9.17) is 0 Å². The fraction of sp³-hybridized carbons (Fsp3) is 0.222. The summed E-state index contributed by atoms with van der Waals surface area (Å²) in [6.07, 6.45) is 1.78. The maximum atomic E-state index is 13.2. The number of carbonyl (C=O) groups is 1. The maximum absolute atomic E-state index is 13.2. The first-order valence-corrected chi connectivity index (χ1v) is 4.84. The number of ether oxygens (including phenoxy) is 1. The highest BCUT2D eigenvalue weighted by Gasteiger charge is 2.15. The van der Waals surface area contributed by atoms with Crippen LogP contribution in [-0.4, -0.2) is 19.3 Å². The number of methoxy groups -OCH3 is 1. The van der Waals surface area contributed by atoms with Crippen LogP contribution in [0.2, 0.25) is 0 Å². The molecule has 0 unspecified atom stereocenters. The van der Waals surface area contributed by atoms with E-state index in [1.165, 1.54) is 24.9 Å². The number of benzene rings is 1. The fourth-order valence-electron chi connectivity index (χ4n) is 0.975. The molecule has 0 heterocycles. The zero-order chi connectivity index (χ0) is 9.84. The van der Waals surface area contributed by atoms with Gasteiger partial charge in [0, 0.05) is 4.90 Å². The summed E-state index contributed by atoms with van der Waals surface area (Å²) in [5, 5.41) is 0. The normalized spacial score (nSPS) is 9.77. The Hall–Kier alpha value is -1.03. The molecule has 0 saturated heterocycles. The predicted molar refractivity (Wildman–Crippen MR) is 49.5 cm³/mol. The van der Waals surface area contributed by atoms with Crippen LogP contribution in [0.4, 0.5) is 4.39 Å². The summed E-state index contributed by atoms with van der Waals surface area (Å²) in [7, 11) is 1.23. The summed E-state index contributed by atoms with van der Waals surface area (Å²) in [6, 6.07) is 4.49. The van der Waals surface area contributed by atoms with Gasteiger partial charge in [0.2, 0.25) is 0 Å². The molecule has 0 aromatic heterocycles. The molecule has 70 valence electrons. The summed E-state index contributed by atoms with van der Waals surface area (Å²) < 4.78 is 17.6. The first-order valence-electron chi connectivity index (χ1n) is 3.61. The highest BCUT2D eigenvalue weighted by Crippen LogP contribution is 2.23. The van der Waals surface area contributed by atoms with Gasteiger partial charge in [0.05, 0.1) is 7.11 Å². The Kier molecular flexibility index (Phi) is 3.31. The van der Waals surface area contributed by atoms with Gasteiger partial charge in [-0.3, -0.25) is 0 Å². The van der Waals surface area contributed by atoms with E-state index >= 15 is 0 Å². The lowest BCUT2D eigenvalue weighted by atomic mass is 10.2. The quantitative estimate of drug-likeness (QED) is 0.541. The SMILES string of the molecule is COC(=O)c1c(F)cccc1SC. The second kappa shape index (κ2) is 4.28. The van der Waals surface area contributed by atoms with Gasteiger partial charge in [-0.15, -0.1) is 11.8 Å². The molecule has 1 aromatic carbocycles. The molecule has 2 nitrogen and oxygen atoms in total. The van der Waals surface area contributed by atoms with Crippen molar-refractivity contribution in [2.24, 2.45) is 0 Å². The van der Waals surface area contributed by atoms with Crippen LogP contribution < -0.4 is 0 Å². The third-order valence-corrected chi connectivity index (χ3v) is 2.36. The topological polar surface area (TPSA) is 26.3 Å². The number of hydrogen-bond acceptors (Lipinski definition) is 3. The number of carbonyl (C=O) groups excluding carboxylic acids is 1. The van der Waals surface area contributed by atoms with Crippen molar-refractivity contribution in [3.8, 4) is 0 Å². The lowest BCUT2D eigenvalue weighted by molar-refractivity contribution is 0.0591. The fourth-order valence-corrected chi connectivity index (χ4v) is 1.57. The third-order valence-electron chi connectivity index (χ3n) is 1.58. The Morgan fingerprint density at radius 1 is 1.54 bits per heavy atom. The average molecular weight is 200 g/mol. The minimum absolute atomic E-state index is 0.0116. The maximum Gasteiger partial charge on any atom is 0.342 e. The molecule has 0 N–H and O–H groups in total. The molecule has 13 heavy (non-hydrogen) atoms. The second-order valence-corrected chi connectivity index (χ2v) is 3.16. The molecule has 0 spiro atoms. The van der Waals surface area contributed by atoms with Crippen LogP contribution in [0.15, 0.2) is 23.1 Å². The summed E-state index contributed by atoms with van der Waals surface area (Å²) in [4.78, 5) is 11.7. The molecule has 0 atom stereocenters. The van der Waals surface area contributed by atoms with Gasteiger partial charge >= 0.3 is 5.97 Å². The molecule has 1 rings (SSSR count). The van der Waals surface area contributed by atoms with E-state index in [2.05, 4.69) is 4.74 Å². The van der Waals surface area contributed by atoms with Crippen molar-refractivity contribution in [3.63, 3.8) is 0 Å². The first-order chi connectivity index (χ1) is 6.20. The Labute approximate surface area is 80.1 Å². The Balaban J connectivity index is 3.22. The van der Waals surface area contributed by atoms with Gasteiger partial charge in [-0.25, -0.2) is 9.18 Å². The summed E-state index contributed by atoms with van der Waals surface area (Å²) in [6.45, 7) is 0. The minimum atomic E-state index is -0.637. The zero-order valence-electron chi connectivity index (χ0n) is 7.33. The van der Waals surface area contributed by atoms with E-state index in [-0.39, 0.29) is 5.56 Å². The first kappa shape index (κ1) is 10.1. The number of esters is 1. The summed E-state index contributed by atoms with van der Waals surface area (Å²) in [5.41, 5.74) is 0.0116. The number of thioether (sulfide) groups is 1. The van der Waals surface area contributed by atoms with Crippen molar-refractivity contribution in [1.29, 1.82) is 0 Å². The zero-order valence-corrected chi connectivity index (χ0v) is 8.15. The van der Waals surface area contributed by atoms with Crippen LogP contribution >= 0.6 is 11.8 Å². The largest absolute Gasteiger partial charge is 0.465 e. The van der Waals surface area contributed by atoms with E-state index in [1.54, 1.807) is 18.4 Å². The molecule has 0 bridgehead atoms. The summed E-state index contributed by atoms with van der Waals surface area (Å²) >= 11 is 1.31.